The molecule has 1 fully saturated rings. The number of rotatable bonds is 7. The molecule has 0 aliphatic carbocycles. The molecule has 0 saturated carbocycles. The molecule has 0 bridgehead atoms. The minimum Gasteiger partial charge on any atom is -0.480 e. The quantitative estimate of drug-likeness (QED) is 0.796. The van der Waals surface area contributed by atoms with Gasteiger partial charge in [0.2, 0.25) is 10.0 Å². The van der Waals surface area contributed by atoms with Gasteiger partial charge in [-0.15, -0.1) is 0 Å². The Bertz CT molecular complexity index is 674. The van der Waals surface area contributed by atoms with E-state index in [1.807, 2.05) is 0 Å². The van der Waals surface area contributed by atoms with Crippen LogP contribution in [0.3, 0.4) is 0 Å². The second-order valence-corrected chi connectivity index (χ2v) is 7.39. The van der Waals surface area contributed by atoms with E-state index in [1.165, 1.54) is 26.4 Å². The second-order valence-electron chi connectivity index (χ2n) is 5.53. The average Bonchev–Trinajstić information content (AvgIpc) is 2.94. The maximum absolute atomic E-state index is 13.0. The molecule has 1 aromatic carbocycles. The predicted molar refractivity (Wildman–Crippen MR) is 82.5 cm³/mol. The summed E-state index contributed by atoms with van der Waals surface area (Å²) in [5.41, 5.74) is -0.842. The second kappa shape index (κ2) is 6.96. The van der Waals surface area contributed by atoms with E-state index in [4.69, 9.17) is 9.47 Å². The molecule has 7 nitrogen and oxygen atoms in total. The van der Waals surface area contributed by atoms with Gasteiger partial charge in [0.25, 0.3) is 0 Å². The molecule has 1 N–H and O–H groups in total. The van der Waals surface area contributed by atoms with Crippen LogP contribution in [0.1, 0.15) is 18.4 Å². The molecule has 128 valence electrons. The zero-order valence-electron chi connectivity index (χ0n) is 13.2. The van der Waals surface area contributed by atoms with Crippen LogP contribution in [0.5, 0.6) is 0 Å². The zero-order valence-corrected chi connectivity index (χ0v) is 14.0. The molecule has 1 atom stereocenters. The third-order valence-electron chi connectivity index (χ3n) is 4.01. The number of ether oxygens (including phenoxy) is 2. The summed E-state index contributed by atoms with van der Waals surface area (Å²) in [5, 5.41) is 9.61. The first-order valence-electron chi connectivity index (χ1n) is 7.21. The van der Waals surface area contributed by atoms with Gasteiger partial charge in [-0.1, -0.05) is 12.1 Å². The Labute approximate surface area is 135 Å². The maximum atomic E-state index is 13.0. The molecular weight excluding hydrogens is 322 g/mol. The van der Waals surface area contributed by atoms with Gasteiger partial charge in [-0.25, -0.2) is 8.42 Å². The molecule has 0 amide bonds. The SMILES string of the molecule is COCc1cccc(S(=O)(=O)N2CCCC2(COC)C(=O)O)c1. The number of carboxylic acid groups (broad SMARTS) is 1. The van der Waals surface area contributed by atoms with Crippen molar-refractivity contribution in [2.45, 2.75) is 29.9 Å². The monoisotopic (exact) mass is 343 g/mol. The Kier molecular flexibility index (Phi) is 5.41. The van der Waals surface area contributed by atoms with Crippen molar-refractivity contribution in [2.24, 2.45) is 0 Å². The van der Waals surface area contributed by atoms with Crippen molar-refractivity contribution in [3.63, 3.8) is 0 Å². The molecule has 1 heterocycles. The standard InChI is InChI=1S/C15H21NO6S/c1-21-10-12-5-3-6-13(9-12)23(19,20)16-8-4-7-15(16,11-22-2)14(17)18/h3,5-6,9H,4,7-8,10-11H2,1-2H3,(H,17,18). The first-order chi connectivity index (χ1) is 10.9. The predicted octanol–water partition coefficient (Wildman–Crippen LogP) is 1.09. The summed E-state index contributed by atoms with van der Waals surface area (Å²) >= 11 is 0. The van der Waals surface area contributed by atoms with Crippen molar-refractivity contribution < 1.29 is 27.8 Å². The van der Waals surface area contributed by atoms with Crippen LogP contribution in [-0.2, 0) is 30.9 Å². The number of methoxy groups -OCH3 is 2. The number of hydrogen-bond acceptors (Lipinski definition) is 5. The highest BCUT2D eigenvalue weighted by Crippen LogP contribution is 2.35. The average molecular weight is 343 g/mol. The molecule has 2 rings (SSSR count). The molecular formula is C15H21NO6S. The minimum atomic E-state index is -3.94. The summed E-state index contributed by atoms with van der Waals surface area (Å²) in [5.74, 6) is -1.19. The van der Waals surface area contributed by atoms with Gasteiger partial charge in [0.1, 0.15) is 0 Å². The highest BCUT2D eigenvalue weighted by Gasteiger charge is 2.53. The minimum absolute atomic E-state index is 0.0654. The number of hydrogen-bond donors (Lipinski definition) is 1. The van der Waals surface area contributed by atoms with E-state index in [0.29, 0.717) is 12.0 Å². The lowest BCUT2D eigenvalue weighted by molar-refractivity contribution is -0.150. The molecule has 0 aromatic heterocycles. The zero-order chi connectivity index (χ0) is 17.1. The van der Waals surface area contributed by atoms with Crippen LogP contribution in [0.15, 0.2) is 29.2 Å². The van der Waals surface area contributed by atoms with E-state index in [9.17, 15) is 18.3 Å². The maximum Gasteiger partial charge on any atom is 0.327 e. The van der Waals surface area contributed by atoms with Gasteiger partial charge in [-0.2, -0.15) is 4.31 Å². The third-order valence-corrected chi connectivity index (χ3v) is 5.97. The topological polar surface area (TPSA) is 93.1 Å². The Morgan fingerprint density at radius 3 is 2.70 bits per heavy atom. The van der Waals surface area contributed by atoms with Crippen LogP contribution < -0.4 is 0 Å². The number of aliphatic carboxylic acids is 1. The normalized spacial score (nSPS) is 22.3. The summed E-state index contributed by atoms with van der Waals surface area (Å²) in [4.78, 5) is 11.8. The van der Waals surface area contributed by atoms with Crippen molar-refractivity contribution in [2.75, 3.05) is 27.4 Å². The highest BCUT2D eigenvalue weighted by molar-refractivity contribution is 7.89. The fourth-order valence-electron chi connectivity index (χ4n) is 2.95. The molecule has 0 spiro atoms. The molecule has 1 aromatic rings. The third kappa shape index (κ3) is 3.25. The number of sulfonamides is 1. The van der Waals surface area contributed by atoms with E-state index < -0.39 is 21.5 Å². The highest BCUT2D eigenvalue weighted by atomic mass is 32.2. The fraction of sp³-hybridized carbons (Fsp3) is 0.533. The van der Waals surface area contributed by atoms with E-state index in [2.05, 4.69) is 0 Å². The molecule has 0 radical (unpaired) electrons. The van der Waals surface area contributed by atoms with Crippen LogP contribution >= 0.6 is 0 Å². The summed E-state index contributed by atoms with van der Waals surface area (Å²) in [7, 11) is -1.05. The lowest BCUT2D eigenvalue weighted by Gasteiger charge is -2.33. The van der Waals surface area contributed by atoms with E-state index >= 15 is 0 Å². The first kappa shape index (κ1) is 17.9. The molecule has 23 heavy (non-hydrogen) atoms. The molecule has 1 saturated heterocycles. The van der Waals surface area contributed by atoms with Crippen LogP contribution in [0.25, 0.3) is 0 Å². The lowest BCUT2D eigenvalue weighted by Crippen LogP contribution is -2.55. The van der Waals surface area contributed by atoms with E-state index in [1.54, 1.807) is 12.1 Å². The molecule has 1 unspecified atom stereocenters. The van der Waals surface area contributed by atoms with Crippen molar-refractivity contribution in [3.8, 4) is 0 Å². The Hall–Kier alpha value is -1.48. The first-order valence-corrected chi connectivity index (χ1v) is 8.65. The van der Waals surface area contributed by atoms with Crippen molar-refractivity contribution in [1.82, 2.24) is 4.31 Å². The van der Waals surface area contributed by atoms with E-state index in [0.717, 1.165) is 4.31 Å². The van der Waals surface area contributed by atoms with Gasteiger partial charge in [-0.05, 0) is 30.5 Å². The van der Waals surface area contributed by atoms with Crippen LogP contribution in [0, 0.1) is 0 Å². The largest absolute Gasteiger partial charge is 0.480 e. The Morgan fingerprint density at radius 1 is 1.35 bits per heavy atom. The number of benzene rings is 1. The number of nitrogens with zero attached hydrogens (tertiary/aromatic N) is 1. The Morgan fingerprint density at radius 2 is 2.09 bits per heavy atom. The van der Waals surface area contributed by atoms with Crippen LogP contribution in [-0.4, -0.2) is 56.7 Å². The Balaban J connectivity index is 2.45. The molecule has 1 aliphatic rings. The molecule has 1 aliphatic heterocycles. The summed E-state index contributed by atoms with van der Waals surface area (Å²) in [6.07, 6.45) is 0.708. The van der Waals surface area contributed by atoms with Crippen molar-refractivity contribution >= 4 is 16.0 Å². The van der Waals surface area contributed by atoms with Crippen molar-refractivity contribution in [1.29, 1.82) is 0 Å². The van der Waals surface area contributed by atoms with E-state index in [-0.39, 0.29) is 31.1 Å². The molecule has 8 heteroatoms. The van der Waals surface area contributed by atoms with Crippen molar-refractivity contribution in [3.05, 3.63) is 29.8 Å². The van der Waals surface area contributed by atoms with Gasteiger partial charge in [-0.3, -0.25) is 4.79 Å². The van der Waals surface area contributed by atoms with Gasteiger partial charge in [0, 0.05) is 20.8 Å². The van der Waals surface area contributed by atoms with Gasteiger partial charge < -0.3 is 14.6 Å². The summed E-state index contributed by atoms with van der Waals surface area (Å²) < 4.78 is 37.0. The summed E-state index contributed by atoms with van der Waals surface area (Å²) in [6, 6.07) is 6.35. The van der Waals surface area contributed by atoms with Gasteiger partial charge in [0.15, 0.2) is 5.54 Å². The smallest absolute Gasteiger partial charge is 0.327 e. The van der Waals surface area contributed by atoms with Crippen LogP contribution in [0.2, 0.25) is 0 Å². The van der Waals surface area contributed by atoms with Crippen LogP contribution in [0.4, 0.5) is 0 Å². The fourth-order valence-corrected chi connectivity index (χ4v) is 4.81. The van der Waals surface area contributed by atoms with Gasteiger partial charge in [0.05, 0.1) is 18.1 Å². The summed E-state index contributed by atoms with van der Waals surface area (Å²) in [6.45, 7) is 0.261. The number of carboxylic acids is 1. The number of carbonyl (C=O) groups is 1. The lowest BCUT2D eigenvalue weighted by atomic mass is 9.99. The van der Waals surface area contributed by atoms with Gasteiger partial charge >= 0.3 is 5.97 Å².